The van der Waals surface area contributed by atoms with E-state index in [9.17, 15) is 43.8 Å². The second-order valence-electron chi connectivity index (χ2n) is 12.4. The van der Waals surface area contributed by atoms with Crippen LogP contribution in [0.1, 0.15) is 41.3 Å². The zero-order valence-corrected chi connectivity index (χ0v) is 29.1. The highest BCUT2D eigenvalue weighted by Crippen LogP contribution is 2.22. The molecule has 0 fully saturated rings. The normalized spacial score (nSPS) is 20.5. The molecular weight excluding hydrogens is 703 g/mol. The summed E-state index contributed by atoms with van der Waals surface area (Å²) >= 11 is 1.18. The minimum absolute atomic E-state index is 0.104. The highest BCUT2D eigenvalue weighted by Gasteiger charge is 2.33. The Morgan fingerprint density at radius 2 is 1.30 bits per heavy atom. The average Bonchev–Trinajstić information content (AvgIpc) is 3.68. The number of fused-ring (bicyclic) bond motifs is 18. The first-order valence-corrected chi connectivity index (χ1v) is 17.5. The molecule has 5 amide bonds. The number of benzene rings is 3. The van der Waals surface area contributed by atoms with E-state index in [4.69, 9.17) is 0 Å². The molecule has 2 aliphatic rings. The van der Waals surface area contributed by atoms with E-state index < -0.39 is 72.1 Å². The largest absolute Gasteiger partial charge is 0.481 e. The van der Waals surface area contributed by atoms with Crippen molar-refractivity contribution in [3.8, 4) is 11.1 Å². The van der Waals surface area contributed by atoms with Gasteiger partial charge in [0.05, 0.1) is 6.42 Å². The maximum atomic E-state index is 13.9. The Balaban J connectivity index is 1.48. The Labute approximate surface area is 308 Å². The molecule has 53 heavy (non-hydrogen) atoms. The van der Waals surface area contributed by atoms with Gasteiger partial charge in [-0.1, -0.05) is 72.8 Å². The standard InChI is InChI=1S/C38H37N5O9S/c44-31-16-17-32(45)43-34(30-7-4-18-53-30)37(50)41-27(19-22-8-12-25(13-9-22)24-5-2-1-3-6-24)35(48)40-28(21-33(46)47)36(49)42-29(38(51)52)20-23-10-14-26(39-31)15-11-23/h1-15,18,27-29,34H,16-17,19-21H2,(H,39,44)(H,40,48)(H,41,50)(H,42,49)(H,43,45)(H,46,47)(H,51,52)/t27-,28+,29-,34?/m0/s1. The lowest BCUT2D eigenvalue weighted by Crippen LogP contribution is -2.57. The number of rotatable bonds is 7. The van der Waals surface area contributed by atoms with E-state index in [0.29, 0.717) is 21.7 Å². The molecule has 2 bridgehead atoms. The van der Waals surface area contributed by atoms with E-state index in [1.165, 1.54) is 23.5 Å². The number of aliphatic carboxylic acids is 2. The number of amides is 5. The minimum Gasteiger partial charge on any atom is -0.481 e. The summed E-state index contributed by atoms with van der Waals surface area (Å²) < 4.78 is 0. The molecule has 0 saturated carbocycles. The number of carbonyl (C=O) groups excluding carboxylic acids is 5. The van der Waals surface area contributed by atoms with Crippen LogP contribution in [0.3, 0.4) is 0 Å². The number of nitrogens with one attached hydrogen (secondary N) is 5. The number of carboxylic acids is 2. The monoisotopic (exact) mass is 739 g/mol. The van der Waals surface area contributed by atoms with Crippen LogP contribution in [0, 0.1) is 0 Å². The molecule has 4 atom stereocenters. The fourth-order valence-electron chi connectivity index (χ4n) is 5.66. The third kappa shape index (κ3) is 10.8. The van der Waals surface area contributed by atoms with Crippen LogP contribution in [0.5, 0.6) is 0 Å². The van der Waals surface area contributed by atoms with Crippen molar-refractivity contribution in [2.45, 2.75) is 56.3 Å². The van der Waals surface area contributed by atoms with Crippen molar-refractivity contribution in [3.05, 3.63) is 112 Å². The summed E-state index contributed by atoms with van der Waals surface area (Å²) in [7, 11) is 0. The van der Waals surface area contributed by atoms with Crippen molar-refractivity contribution in [2.24, 2.45) is 0 Å². The van der Waals surface area contributed by atoms with Crippen LogP contribution in [-0.4, -0.2) is 69.8 Å². The Morgan fingerprint density at radius 3 is 1.94 bits per heavy atom. The number of hydrogen-bond acceptors (Lipinski definition) is 8. The van der Waals surface area contributed by atoms with Crippen LogP contribution in [0.2, 0.25) is 0 Å². The van der Waals surface area contributed by atoms with Crippen molar-refractivity contribution in [1.29, 1.82) is 0 Å². The summed E-state index contributed by atoms with van der Waals surface area (Å²) in [5.74, 6) is -6.70. The number of carbonyl (C=O) groups is 7. The van der Waals surface area contributed by atoms with Gasteiger partial charge < -0.3 is 36.8 Å². The van der Waals surface area contributed by atoms with E-state index in [1.807, 2.05) is 42.5 Å². The molecule has 6 rings (SSSR count). The Kier molecular flexibility index (Phi) is 12.7. The maximum Gasteiger partial charge on any atom is 0.326 e. The van der Waals surface area contributed by atoms with Crippen LogP contribution in [0.4, 0.5) is 5.69 Å². The summed E-state index contributed by atoms with van der Waals surface area (Å²) in [6.45, 7) is 0. The molecule has 0 saturated heterocycles. The van der Waals surface area contributed by atoms with Gasteiger partial charge in [0.25, 0.3) is 0 Å². The predicted molar refractivity (Wildman–Crippen MR) is 194 cm³/mol. The summed E-state index contributed by atoms with van der Waals surface area (Å²) in [6, 6.07) is 20.3. The Bertz CT molecular complexity index is 1950. The van der Waals surface area contributed by atoms with Gasteiger partial charge in [-0.2, -0.15) is 0 Å². The van der Waals surface area contributed by atoms with E-state index in [2.05, 4.69) is 26.6 Å². The van der Waals surface area contributed by atoms with Crippen molar-refractivity contribution >= 4 is 58.5 Å². The van der Waals surface area contributed by atoms with E-state index in [1.54, 1.807) is 41.8 Å². The minimum atomic E-state index is -1.72. The summed E-state index contributed by atoms with van der Waals surface area (Å²) in [5, 5.41) is 33.9. The molecule has 0 spiro atoms. The van der Waals surface area contributed by atoms with Crippen LogP contribution in [0.15, 0.2) is 96.4 Å². The quantitative estimate of drug-likeness (QED) is 0.138. The lowest BCUT2D eigenvalue weighted by Gasteiger charge is -2.25. The second-order valence-corrected chi connectivity index (χ2v) is 13.3. The molecule has 14 nitrogen and oxygen atoms in total. The van der Waals surface area contributed by atoms with Gasteiger partial charge in [-0.25, -0.2) is 4.79 Å². The first-order valence-electron chi connectivity index (χ1n) is 16.7. The van der Waals surface area contributed by atoms with Crippen molar-refractivity contribution < 1.29 is 43.8 Å². The molecule has 0 aliphatic carbocycles. The van der Waals surface area contributed by atoms with Crippen LogP contribution in [-0.2, 0) is 46.4 Å². The number of anilines is 1. The molecule has 2 aliphatic heterocycles. The highest BCUT2D eigenvalue weighted by atomic mass is 32.1. The van der Waals surface area contributed by atoms with Crippen LogP contribution in [0.25, 0.3) is 11.1 Å². The zero-order valence-electron chi connectivity index (χ0n) is 28.2. The SMILES string of the molecule is O=C(O)C[C@H]1NC(=O)[C@H](Cc2ccc(-c3ccccc3)cc2)NC(=O)C(c2cccs2)NC(=O)CCC(=O)Nc2ccc(cc2)C[C@@H](C(=O)O)NC1=O. The lowest BCUT2D eigenvalue weighted by atomic mass is 9.99. The summed E-state index contributed by atoms with van der Waals surface area (Å²) in [4.78, 5) is 91.5. The maximum absolute atomic E-state index is 13.9. The third-order valence-electron chi connectivity index (χ3n) is 8.41. The van der Waals surface area contributed by atoms with Crippen molar-refractivity contribution in [3.63, 3.8) is 0 Å². The summed E-state index contributed by atoms with van der Waals surface area (Å²) in [6.07, 6.45) is -1.67. The smallest absolute Gasteiger partial charge is 0.326 e. The Morgan fingerprint density at radius 1 is 0.660 bits per heavy atom. The van der Waals surface area contributed by atoms with Gasteiger partial charge in [0.1, 0.15) is 24.2 Å². The molecule has 15 heteroatoms. The molecular formula is C38H37N5O9S. The molecule has 7 N–H and O–H groups in total. The summed E-state index contributed by atoms with van der Waals surface area (Å²) in [5.41, 5.74) is 3.30. The molecule has 3 heterocycles. The molecule has 1 unspecified atom stereocenters. The number of hydrogen-bond donors (Lipinski definition) is 7. The lowest BCUT2D eigenvalue weighted by molar-refractivity contribution is -0.143. The van der Waals surface area contributed by atoms with Gasteiger partial charge in [-0.05, 0) is 45.8 Å². The molecule has 3 aromatic carbocycles. The van der Waals surface area contributed by atoms with E-state index >= 15 is 0 Å². The van der Waals surface area contributed by atoms with Gasteiger partial charge in [-0.3, -0.25) is 28.8 Å². The van der Waals surface area contributed by atoms with Crippen molar-refractivity contribution in [1.82, 2.24) is 21.3 Å². The molecule has 4 aromatic rings. The average molecular weight is 740 g/mol. The van der Waals surface area contributed by atoms with E-state index in [0.717, 1.165) is 11.1 Å². The second kappa shape index (κ2) is 17.7. The molecule has 274 valence electrons. The van der Waals surface area contributed by atoms with Crippen LogP contribution < -0.4 is 26.6 Å². The third-order valence-corrected chi connectivity index (χ3v) is 9.35. The van der Waals surface area contributed by atoms with Gasteiger partial charge in [0, 0.05) is 36.2 Å². The highest BCUT2D eigenvalue weighted by molar-refractivity contribution is 7.10. The first-order chi connectivity index (χ1) is 25.4. The van der Waals surface area contributed by atoms with Gasteiger partial charge in [0.15, 0.2) is 0 Å². The van der Waals surface area contributed by atoms with Gasteiger partial charge in [-0.15, -0.1) is 11.3 Å². The van der Waals surface area contributed by atoms with Gasteiger partial charge in [0.2, 0.25) is 29.5 Å². The zero-order chi connectivity index (χ0) is 37.9. The first kappa shape index (κ1) is 37.9. The van der Waals surface area contributed by atoms with Gasteiger partial charge >= 0.3 is 11.9 Å². The number of carboxylic acid groups (broad SMARTS) is 2. The van der Waals surface area contributed by atoms with Crippen LogP contribution >= 0.6 is 11.3 Å². The van der Waals surface area contributed by atoms with Crippen molar-refractivity contribution in [2.75, 3.05) is 5.32 Å². The topological polar surface area (TPSA) is 220 Å². The fraction of sp³-hybridized carbons (Fsp3) is 0.237. The number of thiophene rings is 1. The Hall–Kier alpha value is -6.35. The fourth-order valence-corrected chi connectivity index (χ4v) is 6.43. The predicted octanol–water partition coefficient (Wildman–Crippen LogP) is 2.80. The van der Waals surface area contributed by atoms with E-state index in [-0.39, 0.29) is 25.7 Å². The molecule has 0 radical (unpaired) electrons. The molecule has 1 aromatic heterocycles.